The molecule has 0 atom stereocenters. The summed E-state index contributed by atoms with van der Waals surface area (Å²) in [7, 11) is 0. The van der Waals surface area contributed by atoms with Crippen molar-refractivity contribution < 1.29 is 8.78 Å². The number of benzene rings is 2. The first kappa shape index (κ1) is 19.9. The Morgan fingerprint density at radius 3 is 2.35 bits per heavy atom. The molecule has 31 heavy (non-hydrogen) atoms. The number of para-hydroxylation sites is 1. The Hall–Kier alpha value is -3.06. The highest BCUT2D eigenvalue weighted by molar-refractivity contribution is 5.49. The lowest BCUT2D eigenvalue weighted by atomic mass is 10.1. The number of rotatable bonds is 4. The minimum Gasteiger partial charge on any atom is -0.366 e. The van der Waals surface area contributed by atoms with Crippen LogP contribution in [0.15, 0.2) is 54.7 Å². The van der Waals surface area contributed by atoms with Crippen molar-refractivity contribution in [2.24, 2.45) is 0 Å². The summed E-state index contributed by atoms with van der Waals surface area (Å²) in [6, 6.07) is 13.6. The Morgan fingerprint density at radius 2 is 1.58 bits per heavy atom. The van der Waals surface area contributed by atoms with Crippen LogP contribution in [0, 0.1) is 11.6 Å². The fraction of sp³-hybridized carbons (Fsp3) is 0.333. The predicted octanol–water partition coefficient (Wildman–Crippen LogP) is 3.64. The molecule has 160 valence electrons. The maximum Gasteiger partial charge on any atom is 0.225 e. The molecule has 3 heterocycles. The summed E-state index contributed by atoms with van der Waals surface area (Å²) < 4.78 is 27.2. The second-order valence-corrected chi connectivity index (χ2v) is 8.15. The summed E-state index contributed by atoms with van der Waals surface area (Å²) in [5, 5.41) is 0. The number of hydrogen-bond donors (Lipinski definition) is 0. The van der Waals surface area contributed by atoms with Crippen molar-refractivity contribution in [3.8, 4) is 0 Å². The molecule has 2 aliphatic heterocycles. The Bertz CT molecular complexity index is 1050. The van der Waals surface area contributed by atoms with Crippen LogP contribution < -0.4 is 9.80 Å². The number of nitrogens with zero attached hydrogens (tertiary/aromatic N) is 5. The molecule has 1 aromatic heterocycles. The third kappa shape index (κ3) is 4.37. The Balaban J connectivity index is 1.21. The number of anilines is 2. The van der Waals surface area contributed by atoms with E-state index < -0.39 is 0 Å². The van der Waals surface area contributed by atoms with Gasteiger partial charge < -0.3 is 9.80 Å². The van der Waals surface area contributed by atoms with E-state index in [4.69, 9.17) is 4.98 Å². The van der Waals surface area contributed by atoms with Crippen molar-refractivity contribution in [3.05, 3.63) is 83.2 Å². The number of piperazine rings is 1. The maximum absolute atomic E-state index is 14.1. The van der Waals surface area contributed by atoms with Crippen molar-refractivity contribution in [2.75, 3.05) is 42.5 Å². The third-order valence-electron chi connectivity index (χ3n) is 6.08. The van der Waals surface area contributed by atoms with Crippen LogP contribution in [0.3, 0.4) is 0 Å². The van der Waals surface area contributed by atoms with Crippen LogP contribution in [0.1, 0.15) is 16.8 Å². The van der Waals surface area contributed by atoms with Gasteiger partial charge in [0.15, 0.2) is 0 Å². The van der Waals surface area contributed by atoms with Crippen LogP contribution >= 0.6 is 0 Å². The molecule has 2 aliphatic rings. The van der Waals surface area contributed by atoms with Gasteiger partial charge in [-0.3, -0.25) is 4.90 Å². The zero-order valence-corrected chi connectivity index (χ0v) is 17.3. The lowest BCUT2D eigenvalue weighted by molar-refractivity contribution is 0.243. The normalized spacial score (nSPS) is 17.0. The van der Waals surface area contributed by atoms with E-state index in [0.717, 1.165) is 75.0 Å². The molecule has 2 aromatic carbocycles. The number of aromatic nitrogens is 2. The van der Waals surface area contributed by atoms with E-state index in [1.807, 2.05) is 30.5 Å². The fourth-order valence-corrected chi connectivity index (χ4v) is 4.35. The summed E-state index contributed by atoms with van der Waals surface area (Å²) in [6.45, 7) is 5.53. The second kappa shape index (κ2) is 8.59. The lowest BCUT2D eigenvalue weighted by Crippen LogP contribution is -2.47. The first-order chi connectivity index (χ1) is 15.2. The Labute approximate surface area is 181 Å². The molecule has 0 N–H and O–H groups in total. The standard InChI is InChI=1S/C24H25F2N5/c25-20-7-5-18(6-8-20)16-29-10-9-22-19(17-29)15-27-24(28-22)31-13-11-30(12-14-31)23-4-2-1-3-21(23)26/h1-8,15H,9-14,16-17H2. The molecule has 0 bridgehead atoms. The van der Waals surface area contributed by atoms with E-state index in [0.29, 0.717) is 5.69 Å². The molecule has 1 fully saturated rings. The molecule has 7 heteroatoms. The minimum absolute atomic E-state index is 0.175. The van der Waals surface area contributed by atoms with Crippen LogP contribution in [0.4, 0.5) is 20.4 Å². The SMILES string of the molecule is Fc1ccc(CN2CCc3nc(N4CCN(c5ccccc5F)CC4)ncc3C2)cc1. The van der Waals surface area contributed by atoms with Gasteiger partial charge in [-0.1, -0.05) is 24.3 Å². The summed E-state index contributed by atoms with van der Waals surface area (Å²) in [5.41, 5.74) is 4.03. The van der Waals surface area contributed by atoms with Gasteiger partial charge >= 0.3 is 0 Å². The Morgan fingerprint density at radius 1 is 0.839 bits per heavy atom. The van der Waals surface area contributed by atoms with Gasteiger partial charge in [-0.05, 0) is 29.8 Å². The first-order valence-electron chi connectivity index (χ1n) is 10.7. The Kier molecular flexibility index (Phi) is 5.51. The van der Waals surface area contributed by atoms with Crippen LogP contribution in [0.25, 0.3) is 0 Å². The topological polar surface area (TPSA) is 35.5 Å². The average Bonchev–Trinajstić information content (AvgIpc) is 2.81. The van der Waals surface area contributed by atoms with Gasteiger partial charge in [0.25, 0.3) is 0 Å². The van der Waals surface area contributed by atoms with Gasteiger partial charge in [0, 0.05) is 64.0 Å². The van der Waals surface area contributed by atoms with Gasteiger partial charge in [-0.15, -0.1) is 0 Å². The van der Waals surface area contributed by atoms with Gasteiger partial charge in [0.2, 0.25) is 5.95 Å². The van der Waals surface area contributed by atoms with Crippen molar-refractivity contribution in [3.63, 3.8) is 0 Å². The van der Waals surface area contributed by atoms with Gasteiger partial charge in [-0.25, -0.2) is 18.7 Å². The van der Waals surface area contributed by atoms with E-state index in [1.165, 1.54) is 18.2 Å². The molecular formula is C24H25F2N5. The summed E-state index contributed by atoms with van der Waals surface area (Å²) >= 11 is 0. The molecule has 0 radical (unpaired) electrons. The quantitative estimate of drug-likeness (QED) is 0.643. The fourth-order valence-electron chi connectivity index (χ4n) is 4.35. The summed E-state index contributed by atoms with van der Waals surface area (Å²) in [5.74, 6) is 0.383. The number of halogens is 2. The van der Waals surface area contributed by atoms with Crippen LogP contribution in [0.5, 0.6) is 0 Å². The molecule has 3 aromatic rings. The molecule has 1 saturated heterocycles. The van der Waals surface area contributed by atoms with Crippen LogP contribution in [-0.2, 0) is 19.5 Å². The summed E-state index contributed by atoms with van der Waals surface area (Å²) in [4.78, 5) is 16.1. The smallest absolute Gasteiger partial charge is 0.225 e. The van der Waals surface area contributed by atoms with E-state index in [9.17, 15) is 8.78 Å². The highest BCUT2D eigenvalue weighted by Crippen LogP contribution is 2.24. The molecule has 5 nitrogen and oxygen atoms in total. The minimum atomic E-state index is -0.205. The largest absolute Gasteiger partial charge is 0.366 e. The van der Waals surface area contributed by atoms with Crippen LogP contribution in [-0.4, -0.2) is 47.6 Å². The highest BCUT2D eigenvalue weighted by atomic mass is 19.1. The van der Waals surface area contributed by atoms with Gasteiger partial charge in [0.05, 0.1) is 11.4 Å². The molecule has 0 saturated carbocycles. The number of hydrogen-bond acceptors (Lipinski definition) is 5. The monoisotopic (exact) mass is 421 g/mol. The van der Waals surface area contributed by atoms with E-state index in [1.54, 1.807) is 6.07 Å². The number of fused-ring (bicyclic) bond motifs is 1. The molecule has 0 aliphatic carbocycles. The van der Waals surface area contributed by atoms with Crippen molar-refractivity contribution in [1.82, 2.24) is 14.9 Å². The molecule has 0 unspecified atom stereocenters. The zero-order chi connectivity index (χ0) is 21.2. The van der Waals surface area contributed by atoms with E-state index in [-0.39, 0.29) is 11.6 Å². The van der Waals surface area contributed by atoms with E-state index >= 15 is 0 Å². The molecule has 5 rings (SSSR count). The molecule has 0 spiro atoms. The van der Waals surface area contributed by atoms with Crippen molar-refractivity contribution >= 4 is 11.6 Å². The van der Waals surface area contributed by atoms with Crippen molar-refractivity contribution in [1.29, 1.82) is 0 Å². The zero-order valence-electron chi connectivity index (χ0n) is 17.3. The third-order valence-corrected chi connectivity index (χ3v) is 6.08. The molecule has 0 amide bonds. The predicted molar refractivity (Wildman–Crippen MR) is 117 cm³/mol. The van der Waals surface area contributed by atoms with E-state index in [2.05, 4.69) is 19.7 Å². The lowest BCUT2D eigenvalue weighted by Gasteiger charge is -2.36. The highest BCUT2D eigenvalue weighted by Gasteiger charge is 2.23. The van der Waals surface area contributed by atoms with Crippen molar-refractivity contribution in [2.45, 2.75) is 19.5 Å². The first-order valence-corrected chi connectivity index (χ1v) is 10.7. The average molecular weight is 421 g/mol. The summed E-state index contributed by atoms with van der Waals surface area (Å²) in [6.07, 6.45) is 2.82. The van der Waals surface area contributed by atoms with Gasteiger partial charge in [0.1, 0.15) is 11.6 Å². The maximum atomic E-state index is 14.1. The second-order valence-electron chi connectivity index (χ2n) is 8.15. The molecular weight excluding hydrogens is 396 g/mol. The van der Waals surface area contributed by atoms with Gasteiger partial charge in [-0.2, -0.15) is 0 Å². The van der Waals surface area contributed by atoms with Crippen LogP contribution in [0.2, 0.25) is 0 Å².